The molecule has 146 valence electrons. The van der Waals surface area contributed by atoms with E-state index in [1.165, 1.54) is 6.33 Å². The molecule has 0 spiro atoms. The van der Waals surface area contributed by atoms with Gasteiger partial charge in [0.1, 0.15) is 17.8 Å². The molecule has 9 heteroatoms. The van der Waals surface area contributed by atoms with E-state index in [9.17, 15) is 14.4 Å². The zero-order valence-electron chi connectivity index (χ0n) is 16.0. The highest BCUT2D eigenvalue weighted by Gasteiger charge is 2.25. The molecular formula is C19H20N4O5. The van der Waals surface area contributed by atoms with Gasteiger partial charge in [0, 0.05) is 5.69 Å². The molecule has 3 aromatic rings. The number of carbonyl (C=O) groups excluding carboxylic acids is 2. The van der Waals surface area contributed by atoms with Crippen LogP contribution in [0.25, 0.3) is 11.1 Å². The van der Waals surface area contributed by atoms with E-state index in [1.807, 2.05) is 26.0 Å². The lowest BCUT2D eigenvalue weighted by Gasteiger charge is -2.16. The minimum atomic E-state index is -0.880. The lowest BCUT2D eigenvalue weighted by Crippen LogP contribution is -2.32. The molecule has 0 aliphatic rings. The average molecular weight is 384 g/mol. The summed E-state index contributed by atoms with van der Waals surface area (Å²) in [6, 6.07) is 4.69. The molecule has 1 atom stereocenters. The summed E-state index contributed by atoms with van der Waals surface area (Å²) < 4.78 is 11.0. The molecule has 0 bridgehead atoms. The van der Waals surface area contributed by atoms with Crippen molar-refractivity contribution in [2.45, 2.75) is 33.7 Å². The van der Waals surface area contributed by atoms with E-state index in [-0.39, 0.29) is 23.4 Å². The fourth-order valence-electron chi connectivity index (χ4n) is 2.72. The summed E-state index contributed by atoms with van der Waals surface area (Å²) in [5.41, 5.74) is 1.67. The van der Waals surface area contributed by atoms with Gasteiger partial charge in [-0.3, -0.25) is 14.2 Å². The highest BCUT2D eigenvalue weighted by Crippen LogP contribution is 2.20. The Morgan fingerprint density at radius 1 is 1.32 bits per heavy atom. The number of aryl methyl sites for hydroxylation is 1. The predicted octanol–water partition coefficient (Wildman–Crippen LogP) is 2.38. The van der Waals surface area contributed by atoms with Crippen molar-refractivity contribution in [2.75, 3.05) is 11.9 Å². The Morgan fingerprint density at radius 2 is 2.07 bits per heavy atom. The van der Waals surface area contributed by atoms with Gasteiger partial charge in [-0.1, -0.05) is 17.3 Å². The van der Waals surface area contributed by atoms with Crippen LogP contribution < -0.4 is 10.9 Å². The number of benzene rings is 1. The summed E-state index contributed by atoms with van der Waals surface area (Å²) in [5.74, 6) is -1.18. The monoisotopic (exact) mass is 384 g/mol. The van der Waals surface area contributed by atoms with Crippen molar-refractivity contribution in [2.24, 2.45) is 0 Å². The molecule has 1 amide bonds. The Bertz CT molecular complexity index is 1120. The van der Waals surface area contributed by atoms with E-state index in [1.54, 1.807) is 19.9 Å². The quantitative estimate of drug-likeness (QED) is 0.671. The Kier molecular flexibility index (Phi) is 5.25. The second-order valence-corrected chi connectivity index (χ2v) is 6.30. The SMILES string of the molecule is CCOC(=O)c1noc2ncn(C(C)C(=O)Nc3cccc(C)c3C)c(=O)c12. The normalized spacial score (nSPS) is 12.0. The molecule has 0 saturated carbocycles. The molecule has 9 nitrogen and oxygen atoms in total. The van der Waals surface area contributed by atoms with Crippen molar-refractivity contribution in [1.29, 1.82) is 0 Å². The molecule has 0 aliphatic heterocycles. The molecule has 3 rings (SSSR count). The third-order valence-electron chi connectivity index (χ3n) is 4.55. The van der Waals surface area contributed by atoms with Crippen molar-refractivity contribution >= 4 is 28.7 Å². The second kappa shape index (κ2) is 7.63. The Balaban J connectivity index is 1.96. The largest absolute Gasteiger partial charge is 0.461 e. The van der Waals surface area contributed by atoms with E-state index in [2.05, 4.69) is 15.5 Å². The molecule has 1 N–H and O–H groups in total. The maximum absolute atomic E-state index is 12.9. The smallest absolute Gasteiger partial charge is 0.361 e. The van der Waals surface area contributed by atoms with Gasteiger partial charge in [-0.05, 0) is 44.9 Å². The van der Waals surface area contributed by atoms with Crippen LogP contribution in [0.2, 0.25) is 0 Å². The lowest BCUT2D eigenvalue weighted by atomic mass is 10.1. The molecule has 0 saturated heterocycles. The van der Waals surface area contributed by atoms with Gasteiger partial charge in [-0.2, -0.15) is 0 Å². The number of esters is 1. The van der Waals surface area contributed by atoms with Crippen LogP contribution >= 0.6 is 0 Å². The number of hydrogen-bond donors (Lipinski definition) is 1. The average Bonchev–Trinajstić information content (AvgIpc) is 3.10. The fraction of sp³-hybridized carbons (Fsp3) is 0.316. The fourth-order valence-corrected chi connectivity index (χ4v) is 2.72. The number of amides is 1. The predicted molar refractivity (Wildman–Crippen MR) is 101 cm³/mol. The van der Waals surface area contributed by atoms with Crippen LogP contribution in [0, 0.1) is 13.8 Å². The third-order valence-corrected chi connectivity index (χ3v) is 4.55. The molecule has 0 fully saturated rings. The van der Waals surface area contributed by atoms with Gasteiger partial charge in [-0.15, -0.1) is 0 Å². The number of carbonyl (C=O) groups is 2. The van der Waals surface area contributed by atoms with Crippen LogP contribution in [-0.2, 0) is 9.53 Å². The van der Waals surface area contributed by atoms with E-state index in [0.717, 1.165) is 15.7 Å². The number of anilines is 1. The Labute approximate surface area is 160 Å². The molecule has 0 radical (unpaired) electrons. The van der Waals surface area contributed by atoms with Gasteiger partial charge in [-0.25, -0.2) is 9.78 Å². The van der Waals surface area contributed by atoms with E-state index in [4.69, 9.17) is 9.26 Å². The van der Waals surface area contributed by atoms with Gasteiger partial charge in [0.25, 0.3) is 11.3 Å². The number of rotatable bonds is 5. The van der Waals surface area contributed by atoms with Crippen LogP contribution in [0.3, 0.4) is 0 Å². The molecule has 0 aliphatic carbocycles. The number of fused-ring (bicyclic) bond motifs is 1. The topological polar surface area (TPSA) is 116 Å². The third kappa shape index (κ3) is 3.38. The molecule has 2 aromatic heterocycles. The summed E-state index contributed by atoms with van der Waals surface area (Å²) >= 11 is 0. The summed E-state index contributed by atoms with van der Waals surface area (Å²) in [6.45, 7) is 7.16. The number of nitrogens with one attached hydrogen (secondary N) is 1. The lowest BCUT2D eigenvalue weighted by molar-refractivity contribution is -0.118. The maximum Gasteiger partial charge on any atom is 0.361 e. The number of hydrogen-bond acceptors (Lipinski definition) is 7. The second-order valence-electron chi connectivity index (χ2n) is 6.30. The summed E-state index contributed by atoms with van der Waals surface area (Å²) in [6.07, 6.45) is 1.19. The number of ether oxygens (including phenoxy) is 1. The van der Waals surface area contributed by atoms with Gasteiger partial charge in [0.15, 0.2) is 0 Å². The number of nitrogens with zero attached hydrogens (tertiary/aromatic N) is 3. The van der Waals surface area contributed by atoms with Gasteiger partial charge in [0.05, 0.1) is 6.61 Å². The first-order valence-electron chi connectivity index (χ1n) is 8.75. The molecule has 1 unspecified atom stereocenters. The number of aromatic nitrogens is 3. The summed E-state index contributed by atoms with van der Waals surface area (Å²) in [5, 5.41) is 6.28. The zero-order valence-corrected chi connectivity index (χ0v) is 16.0. The first kappa shape index (κ1) is 19.3. The standard InChI is InChI=1S/C19H20N4O5/c1-5-27-19(26)15-14-17(28-22-15)20-9-23(18(14)25)12(4)16(24)21-13-8-6-7-10(2)11(13)3/h6-9,12H,5H2,1-4H3,(H,21,24). The van der Waals surface area contributed by atoms with Crippen molar-refractivity contribution in [3.63, 3.8) is 0 Å². The molecular weight excluding hydrogens is 364 g/mol. The first-order valence-corrected chi connectivity index (χ1v) is 8.75. The first-order chi connectivity index (χ1) is 13.3. The van der Waals surface area contributed by atoms with Crippen LogP contribution in [0.5, 0.6) is 0 Å². The van der Waals surface area contributed by atoms with Gasteiger partial charge < -0.3 is 14.6 Å². The van der Waals surface area contributed by atoms with Crippen LogP contribution in [-0.4, -0.2) is 33.2 Å². The van der Waals surface area contributed by atoms with Crippen molar-refractivity contribution < 1.29 is 18.8 Å². The van der Waals surface area contributed by atoms with E-state index >= 15 is 0 Å². The van der Waals surface area contributed by atoms with Gasteiger partial charge in [0.2, 0.25) is 11.6 Å². The molecule has 28 heavy (non-hydrogen) atoms. The van der Waals surface area contributed by atoms with Gasteiger partial charge >= 0.3 is 5.97 Å². The molecule has 1 aromatic carbocycles. The highest BCUT2D eigenvalue weighted by molar-refractivity contribution is 6.00. The van der Waals surface area contributed by atoms with Crippen molar-refractivity contribution in [3.05, 3.63) is 51.7 Å². The van der Waals surface area contributed by atoms with E-state index < -0.39 is 23.5 Å². The van der Waals surface area contributed by atoms with Crippen LogP contribution in [0.1, 0.15) is 41.5 Å². The Morgan fingerprint density at radius 3 is 2.79 bits per heavy atom. The summed E-state index contributed by atoms with van der Waals surface area (Å²) in [7, 11) is 0. The zero-order chi connectivity index (χ0) is 20.4. The van der Waals surface area contributed by atoms with E-state index in [0.29, 0.717) is 5.69 Å². The van der Waals surface area contributed by atoms with Crippen molar-refractivity contribution in [1.82, 2.24) is 14.7 Å². The summed E-state index contributed by atoms with van der Waals surface area (Å²) in [4.78, 5) is 41.6. The highest BCUT2D eigenvalue weighted by atomic mass is 16.5. The maximum atomic E-state index is 12.9. The van der Waals surface area contributed by atoms with Crippen LogP contribution in [0.4, 0.5) is 5.69 Å². The minimum absolute atomic E-state index is 0.0913. The Hall–Kier alpha value is -3.49. The van der Waals surface area contributed by atoms with Crippen molar-refractivity contribution in [3.8, 4) is 0 Å². The minimum Gasteiger partial charge on any atom is -0.461 e. The molecule has 2 heterocycles. The van der Waals surface area contributed by atoms with Crippen LogP contribution in [0.15, 0.2) is 33.8 Å².